The Morgan fingerprint density at radius 3 is 2.58 bits per heavy atom. The normalized spacial score (nSPS) is 10.7. The lowest BCUT2D eigenvalue weighted by Crippen LogP contribution is -2.00. The topological polar surface area (TPSA) is 55.1 Å². The SMILES string of the molecule is Cn1nc(C(=O)O)cc1-c1cc(CF)cc(F)c1F. The van der Waals surface area contributed by atoms with Gasteiger partial charge in [-0.15, -0.1) is 0 Å². The van der Waals surface area contributed by atoms with E-state index in [1.54, 1.807) is 0 Å². The lowest BCUT2D eigenvalue weighted by molar-refractivity contribution is 0.0689. The van der Waals surface area contributed by atoms with E-state index in [9.17, 15) is 18.0 Å². The van der Waals surface area contributed by atoms with Crippen LogP contribution < -0.4 is 0 Å². The molecule has 7 heteroatoms. The van der Waals surface area contributed by atoms with Gasteiger partial charge >= 0.3 is 5.97 Å². The molecular weight excluding hydrogens is 261 g/mol. The monoisotopic (exact) mass is 270 g/mol. The van der Waals surface area contributed by atoms with Crippen molar-refractivity contribution < 1.29 is 23.1 Å². The van der Waals surface area contributed by atoms with E-state index in [-0.39, 0.29) is 22.5 Å². The molecule has 19 heavy (non-hydrogen) atoms. The number of benzene rings is 1. The molecule has 0 saturated carbocycles. The lowest BCUT2D eigenvalue weighted by atomic mass is 10.1. The standard InChI is InChI=1S/C12H9F3N2O2/c1-17-10(4-9(16-17)12(18)19)7-2-6(5-13)3-8(14)11(7)15/h2-4H,5H2,1H3,(H,18,19). The molecule has 0 unspecified atom stereocenters. The zero-order chi connectivity index (χ0) is 14.2. The molecule has 2 aromatic rings. The van der Waals surface area contributed by atoms with Gasteiger partial charge in [0.2, 0.25) is 0 Å². The van der Waals surface area contributed by atoms with Gasteiger partial charge < -0.3 is 5.11 Å². The van der Waals surface area contributed by atoms with Crippen molar-refractivity contribution >= 4 is 5.97 Å². The Kier molecular flexibility index (Phi) is 3.28. The molecule has 0 amide bonds. The van der Waals surface area contributed by atoms with Crippen LogP contribution in [0.4, 0.5) is 13.2 Å². The second-order valence-electron chi connectivity index (χ2n) is 3.92. The molecule has 0 aliphatic rings. The van der Waals surface area contributed by atoms with Gasteiger partial charge in [-0.3, -0.25) is 4.68 Å². The van der Waals surface area contributed by atoms with Crippen LogP contribution in [-0.4, -0.2) is 20.9 Å². The summed E-state index contributed by atoms with van der Waals surface area (Å²) >= 11 is 0. The number of rotatable bonds is 3. The van der Waals surface area contributed by atoms with Crippen molar-refractivity contribution in [2.45, 2.75) is 6.67 Å². The van der Waals surface area contributed by atoms with Crippen LogP contribution in [0.3, 0.4) is 0 Å². The molecule has 0 bridgehead atoms. The maximum atomic E-state index is 13.7. The quantitative estimate of drug-likeness (QED) is 0.932. The molecule has 0 atom stereocenters. The number of aromatic nitrogens is 2. The van der Waals surface area contributed by atoms with Gasteiger partial charge in [0.15, 0.2) is 17.3 Å². The third-order valence-electron chi connectivity index (χ3n) is 2.62. The van der Waals surface area contributed by atoms with Crippen LogP contribution in [0.25, 0.3) is 11.3 Å². The largest absolute Gasteiger partial charge is 0.476 e. The number of carboxylic acids is 1. The molecule has 0 aliphatic heterocycles. The minimum atomic E-state index is -1.29. The number of nitrogens with zero attached hydrogens (tertiary/aromatic N) is 2. The Labute approximate surface area is 106 Å². The van der Waals surface area contributed by atoms with Crippen molar-refractivity contribution in [3.63, 3.8) is 0 Å². The molecule has 2 rings (SSSR count). The summed E-state index contributed by atoms with van der Waals surface area (Å²) in [6.45, 7) is -0.951. The highest BCUT2D eigenvalue weighted by molar-refractivity contribution is 5.87. The number of hydrogen-bond donors (Lipinski definition) is 1. The molecule has 1 N–H and O–H groups in total. The Morgan fingerprint density at radius 2 is 2.05 bits per heavy atom. The molecule has 0 aliphatic carbocycles. The minimum absolute atomic E-state index is 0.0352. The van der Waals surface area contributed by atoms with Gasteiger partial charge in [-0.2, -0.15) is 5.10 Å². The average Bonchev–Trinajstić information content (AvgIpc) is 2.75. The van der Waals surface area contributed by atoms with Crippen molar-refractivity contribution in [2.24, 2.45) is 7.05 Å². The van der Waals surface area contributed by atoms with Crippen molar-refractivity contribution in [3.05, 3.63) is 41.1 Å². The number of halogens is 3. The first kappa shape index (κ1) is 13.1. The summed E-state index contributed by atoms with van der Waals surface area (Å²) in [5, 5.41) is 12.4. The number of alkyl halides is 1. The molecular formula is C12H9F3N2O2. The van der Waals surface area contributed by atoms with Crippen molar-refractivity contribution in [1.82, 2.24) is 9.78 Å². The minimum Gasteiger partial charge on any atom is -0.476 e. The third-order valence-corrected chi connectivity index (χ3v) is 2.62. The van der Waals surface area contributed by atoms with Gasteiger partial charge in [-0.25, -0.2) is 18.0 Å². The van der Waals surface area contributed by atoms with E-state index in [4.69, 9.17) is 5.11 Å². The van der Waals surface area contributed by atoms with Crippen LogP contribution in [0.1, 0.15) is 16.1 Å². The van der Waals surface area contributed by atoms with Gasteiger partial charge in [0, 0.05) is 12.6 Å². The lowest BCUT2D eigenvalue weighted by Gasteiger charge is -2.06. The molecule has 0 radical (unpaired) electrons. The number of carbonyl (C=O) groups is 1. The van der Waals surface area contributed by atoms with Gasteiger partial charge in [-0.05, 0) is 23.8 Å². The first-order valence-electron chi connectivity index (χ1n) is 5.25. The van der Waals surface area contributed by atoms with Crippen LogP contribution in [-0.2, 0) is 13.7 Å². The van der Waals surface area contributed by atoms with Crippen molar-refractivity contribution in [1.29, 1.82) is 0 Å². The van der Waals surface area contributed by atoms with Gasteiger partial charge in [-0.1, -0.05) is 0 Å². The van der Waals surface area contributed by atoms with Crippen LogP contribution in [0, 0.1) is 11.6 Å². The van der Waals surface area contributed by atoms with Crippen LogP contribution >= 0.6 is 0 Å². The van der Waals surface area contributed by atoms with Crippen molar-refractivity contribution in [2.75, 3.05) is 0 Å². The van der Waals surface area contributed by atoms with Gasteiger partial charge in [0.1, 0.15) is 6.67 Å². The number of hydrogen-bond acceptors (Lipinski definition) is 2. The van der Waals surface area contributed by atoms with Gasteiger partial charge in [0.05, 0.1) is 5.69 Å². The maximum absolute atomic E-state index is 13.7. The molecule has 0 saturated heterocycles. The van der Waals surface area contributed by atoms with E-state index in [1.165, 1.54) is 7.05 Å². The van der Waals surface area contributed by atoms with E-state index in [2.05, 4.69) is 5.10 Å². The smallest absolute Gasteiger partial charge is 0.356 e. The zero-order valence-corrected chi connectivity index (χ0v) is 9.82. The van der Waals surface area contributed by atoms with E-state index in [1.807, 2.05) is 0 Å². The Bertz CT molecular complexity index is 653. The number of aryl methyl sites for hydroxylation is 1. The fourth-order valence-corrected chi connectivity index (χ4v) is 1.73. The molecule has 4 nitrogen and oxygen atoms in total. The van der Waals surface area contributed by atoms with Crippen molar-refractivity contribution in [3.8, 4) is 11.3 Å². The second-order valence-corrected chi connectivity index (χ2v) is 3.92. The summed E-state index contributed by atoms with van der Waals surface area (Å²) in [6, 6.07) is 2.98. The van der Waals surface area contributed by atoms with Crippen LogP contribution in [0.2, 0.25) is 0 Å². The van der Waals surface area contributed by atoms with Crippen LogP contribution in [0.5, 0.6) is 0 Å². The molecule has 1 aromatic heterocycles. The fraction of sp³-hybridized carbons (Fsp3) is 0.167. The first-order chi connectivity index (χ1) is 8.93. The van der Waals surface area contributed by atoms with E-state index in [0.717, 1.165) is 22.9 Å². The highest BCUT2D eigenvalue weighted by Crippen LogP contribution is 2.27. The summed E-state index contributed by atoms with van der Waals surface area (Å²) < 4.78 is 40.7. The maximum Gasteiger partial charge on any atom is 0.356 e. The Hall–Kier alpha value is -2.31. The summed E-state index contributed by atoms with van der Waals surface area (Å²) in [6.07, 6.45) is 0. The third kappa shape index (κ3) is 2.31. The highest BCUT2D eigenvalue weighted by atomic mass is 19.2. The average molecular weight is 270 g/mol. The molecule has 0 fully saturated rings. The molecule has 0 spiro atoms. The predicted molar refractivity (Wildman–Crippen MR) is 60.3 cm³/mol. The Balaban J connectivity index is 2.64. The van der Waals surface area contributed by atoms with Gasteiger partial charge in [0.25, 0.3) is 0 Å². The van der Waals surface area contributed by atoms with E-state index < -0.39 is 24.3 Å². The predicted octanol–water partition coefficient (Wildman–Crippen LogP) is 2.53. The summed E-state index contributed by atoms with van der Waals surface area (Å²) in [4.78, 5) is 10.8. The molecule has 100 valence electrons. The highest BCUT2D eigenvalue weighted by Gasteiger charge is 2.18. The summed E-state index contributed by atoms with van der Waals surface area (Å²) in [5.74, 6) is -3.65. The summed E-state index contributed by atoms with van der Waals surface area (Å²) in [5.41, 5.74) is -0.505. The number of aromatic carboxylic acids is 1. The summed E-state index contributed by atoms with van der Waals surface area (Å²) in [7, 11) is 1.39. The first-order valence-corrected chi connectivity index (χ1v) is 5.25. The molecule has 1 heterocycles. The Morgan fingerprint density at radius 1 is 1.37 bits per heavy atom. The van der Waals surface area contributed by atoms with E-state index >= 15 is 0 Å². The fourth-order valence-electron chi connectivity index (χ4n) is 1.73. The second kappa shape index (κ2) is 4.75. The van der Waals surface area contributed by atoms with E-state index in [0.29, 0.717) is 0 Å². The van der Waals surface area contributed by atoms with Crippen LogP contribution in [0.15, 0.2) is 18.2 Å². The molecule has 1 aromatic carbocycles. The number of carboxylic acid groups (broad SMARTS) is 1. The zero-order valence-electron chi connectivity index (χ0n) is 9.82.